The zero-order chi connectivity index (χ0) is 5.28. The molecular weight excluding hydrogens is 84.9 g/mol. The Morgan fingerprint density at radius 2 is 2.43 bits per heavy atom. The molecule has 1 fully saturated rings. The van der Waals surface area contributed by atoms with Crippen LogP contribution in [0.15, 0.2) is 0 Å². The highest BCUT2D eigenvalue weighted by atomic mass is 15.1. The Labute approximate surface area is 46.1 Å². The lowest BCUT2D eigenvalue weighted by Crippen LogP contribution is -2.24. The lowest BCUT2D eigenvalue weighted by molar-refractivity contribution is 0.385. The first kappa shape index (κ1) is 5.17. The van der Waals surface area contributed by atoms with Crippen molar-refractivity contribution in [3.63, 3.8) is 0 Å². The quantitative estimate of drug-likeness (QED) is 0.388. The molecule has 0 amide bonds. The van der Waals surface area contributed by atoms with E-state index in [1.54, 1.807) is 0 Å². The fraction of sp³-hybridized carbons (Fsp3) is 1.00. The van der Waals surface area contributed by atoms with Gasteiger partial charge in [0.1, 0.15) is 0 Å². The predicted octanol–water partition coefficient (Wildman–Crippen LogP) is 0.207. The summed E-state index contributed by atoms with van der Waals surface area (Å²) < 4.78 is 0. The first-order valence-electron chi connectivity index (χ1n) is 2.76. The van der Waals surface area contributed by atoms with Crippen molar-refractivity contribution in [1.29, 1.82) is 0 Å². The van der Waals surface area contributed by atoms with Crippen LogP contribution >= 0.6 is 0 Å². The summed E-state index contributed by atoms with van der Waals surface area (Å²) in [5.74, 6) is 0.347. The largest absolute Gasteiger partial charge is 0.312 e. The standard InChI is InChI=1S/C5H10BN/c1-7-4-2-3-5(7)6/h5H,2-4H2,1H3/t5-/m0/s1. The number of nitrogens with zero attached hydrogens (tertiary/aromatic N) is 1. The summed E-state index contributed by atoms with van der Waals surface area (Å²) in [6, 6.07) is 0. The van der Waals surface area contributed by atoms with Gasteiger partial charge in [-0.15, -0.1) is 0 Å². The number of rotatable bonds is 0. The van der Waals surface area contributed by atoms with Gasteiger partial charge in [-0.25, -0.2) is 0 Å². The highest BCUT2D eigenvalue weighted by molar-refractivity contribution is 6.11. The van der Waals surface area contributed by atoms with Crippen LogP contribution in [0.4, 0.5) is 0 Å². The van der Waals surface area contributed by atoms with E-state index in [4.69, 9.17) is 7.85 Å². The van der Waals surface area contributed by atoms with E-state index in [2.05, 4.69) is 11.9 Å². The molecule has 0 saturated carbocycles. The highest BCUT2D eigenvalue weighted by Gasteiger charge is 2.13. The molecule has 1 atom stereocenters. The maximum atomic E-state index is 5.60. The van der Waals surface area contributed by atoms with E-state index in [0.29, 0.717) is 5.94 Å². The predicted molar refractivity (Wildman–Crippen MR) is 31.4 cm³/mol. The monoisotopic (exact) mass is 95.1 g/mol. The maximum Gasteiger partial charge on any atom is 0.0910 e. The van der Waals surface area contributed by atoms with Crippen LogP contribution in [0.1, 0.15) is 12.8 Å². The second-order valence-electron chi connectivity index (χ2n) is 2.19. The SMILES string of the molecule is [B][C@@H]1CCCN1C. The van der Waals surface area contributed by atoms with Gasteiger partial charge in [0, 0.05) is 0 Å². The van der Waals surface area contributed by atoms with Gasteiger partial charge in [-0.1, -0.05) is 0 Å². The average molecular weight is 95.0 g/mol. The fourth-order valence-electron chi connectivity index (χ4n) is 0.936. The lowest BCUT2D eigenvalue weighted by Gasteiger charge is -2.12. The Bertz CT molecular complexity index is 57.1. The van der Waals surface area contributed by atoms with E-state index in [0.717, 1.165) is 0 Å². The maximum absolute atomic E-state index is 5.60. The molecule has 1 nitrogen and oxygen atoms in total. The third-order valence-electron chi connectivity index (χ3n) is 1.58. The van der Waals surface area contributed by atoms with Gasteiger partial charge in [0.25, 0.3) is 0 Å². The molecule has 0 aromatic carbocycles. The Kier molecular flexibility index (Phi) is 1.38. The van der Waals surface area contributed by atoms with E-state index in [1.165, 1.54) is 19.4 Å². The van der Waals surface area contributed by atoms with Gasteiger partial charge >= 0.3 is 0 Å². The van der Waals surface area contributed by atoms with Crippen molar-refractivity contribution in [2.45, 2.75) is 18.8 Å². The zero-order valence-corrected chi connectivity index (χ0v) is 4.72. The van der Waals surface area contributed by atoms with Crippen molar-refractivity contribution in [2.24, 2.45) is 0 Å². The topological polar surface area (TPSA) is 3.24 Å². The van der Waals surface area contributed by atoms with E-state index in [-0.39, 0.29) is 0 Å². The second-order valence-corrected chi connectivity index (χ2v) is 2.19. The molecule has 0 N–H and O–H groups in total. The van der Waals surface area contributed by atoms with E-state index < -0.39 is 0 Å². The van der Waals surface area contributed by atoms with Gasteiger partial charge in [0.2, 0.25) is 0 Å². The van der Waals surface area contributed by atoms with Crippen LogP contribution < -0.4 is 0 Å². The summed E-state index contributed by atoms with van der Waals surface area (Å²) in [7, 11) is 7.67. The van der Waals surface area contributed by atoms with Crippen molar-refractivity contribution in [3.05, 3.63) is 0 Å². The summed E-state index contributed by atoms with van der Waals surface area (Å²) in [4.78, 5) is 2.18. The van der Waals surface area contributed by atoms with E-state index >= 15 is 0 Å². The van der Waals surface area contributed by atoms with Crippen LogP contribution in [0, 0.1) is 0 Å². The third-order valence-corrected chi connectivity index (χ3v) is 1.58. The van der Waals surface area contributed by atoms with Gasteiger partial charge in [-0.3, -0.25) is 0 Å². The molecule has 38 valence electrons. The lowest BCUT2D eigenvalue weighted by atomic mass is 9.95. The number of hydrogen-bond acceptors (Lipinski definition) is 1. The Hall–Kier alpha value is 0.0249. The van der Waals surface area contributed by atoms with Gasteiger partial charge in [0.05, 0.1) is 7.85 Å². The molecule has 1 rings (SSSR count). The molecule has 7 heavy (non-hydrogen) atoms. The highest BCUT2D eigenvalue weighted by Crippen LogP contribution is 2.09. The Morgan fingerprint density at radius 1 is 1.71 bits per heavy atom. The Morgan fingerprint density at radius 3 is 2.57 bits per heavy atom. The molecule has 1 heterocycles. The number of hydrogen-bond donors (Lipinski definition) is 0. The minimum atomic E-state index is 0.347. The normalized spacial score (nSPS) is 34.1. The molecule has 0 spiro atoms. The second kappa shape index (κ2) is 1.87. The van der Waals surface area contributed by atoms with Crippen LogP contribution in [-0.4, -0.2) is 32.3 Å². The van der Waals surface area contributed by atoms with E-state index in [1.807, 2.05) is 0 Å². The number of likely N-dealkylation sites (tertiary alicyclic amines) is 1. The summed E-state index contributed by atoms with van der Waals surface area (Å²) in [5, 5.41) is 0. The summed E-state index contributed by atoms with van der Waals surface area (Å²) >= 11 is 0. The molecule has 2 heteroatoms. The van der Waals surface area contributed by atoms with Crippen molar-refractivity contribution in [1.82, 2.24) is 4.90 Å². The third kappa shape index (κ3) is 0.971. The molecule has 1 aliphatic heterocycles. The van der Waals surface area contributed by atoms with Crippen molar-refractivity contribution < 1.29 is 0 Å². The molecule has 0 aliphatic carbocycles. The first-order chi connectivity index (χ1) is 3.30. The summed E-state index contributed by atoms with van der Waals surface area (Å²) in [6.07, 6.45) is 2.45. The molecule has 1 saturated heterocycles. The van der Waals surface area contributed by atoms with Gasteiger partial charge in [-0.05, 0) is 32.4 Å². The van der Waals surface area contributed by atoms with Crippen LogP contribution in [0.25, 0.3) is 0 Å². The van der Waals surface area contributed by atoms with Gasteiger partial charge in [0.15, 0.2) is 0 Å². The molecule has 0 aromatic heterocycles. The molecule has 0 bridgehead atoms. The molecule has 1 aliphatic rings. The van der Waals surface area contributed by atoms with Gasteiger partial charge < -0.3 is 4.90 Å². The van der Waals surface area contributed by atoms with Crippen molar-refractivity contribution in [2.75, 3.05) is 13.6 Å². The van der Waals surface area contributed by atoms with Crippen LogP contribution in [0.3, 0.4) is 0 Å². The minimum absolute atomic E-state index is 0.347. The van der Waals surface area contributed by atoms with Crippen LogP contribution in [0.5, 0.6) is 0 Å². The Balaban J connectivity index is 2.33. The average Bonchev–Trinajstić information content (AvgIpc) is 1.91. The van der Waals surface area contributed by atoms with E-state index in [9.17, 15) is 0 Å². The smallest absolute Gasteiger partial charge is 0.0910 e. The summed E-state index contributed by atoms with van der Waals surface area (Å²) in [6.45, 7) is 1.18. The van der Waals surface area contributed by atoms with Crippen LogP contribution in [0.2, 0.25) is 0 Å². The van der Waals surface area contributed by atoms with Crippen LogP contribution in [-0.2, 0) is 0 Å². The molecule has 2 radical (unpaired) electrons. The molecule has 0 aromatic rings. The zero-order valence-electron chi connectivity index (χ0n) is 4.72. The fourth-order valence-corrected chi connectivity index (χ4v) is 0.936. The van der Waals surface area contributed by atoms with Crippen molar-refractivity contribution >= 4 is 7.85 Å². The molecule has 0 unspecified atom stereocenters. The van der Waals surface area contributed by atoms with Crippen molar-refractivity contribution in [3.8, 4) is 0 Å². The first-order valence-corrected chi connectivity index (χ1v) is 2.76. The molecular formula is C5H10BN. The minimum Gasteiger partial charge on any atom is -0.312 e. The summed E-state index contributed by atoms with van der Waals surface area (Å²) in [5.41, 5.74) is 0. The van der Waals surface area contributed by atoms with Gasteiger partial charge in [-0.2, -0.15) is 0 Å².